The van der Waals surface area contributed by atoms with Crippen LogP contribution in [-0.4, -0.2) is 22.3 Å². The lowest BCUT2D eigenvalue weighted by Gasteiger charge is -2.04. The average Bonchev–Trinajstić information content (AvgIpc) is 3.15. The Morgan fingerprint density at radius 1 is 1.00 bits per heavy atom. The van der Waals surface area contributed by atoms with Crippen molar-refractivity contribution in [2.24, 2.45) is 0 Å². The monoisotopic (exact) mass is 439 g/mol. The molecule has 4 nitrogen and oxygen atoms in total. The van der Waals surface area contributed by atoms with E-state index in [1.807, 2.05) is 67.6 Å². The number of para-hydroxylation sites is 1. The topological polar surface area (TPSA) is 47.9 Å². The molecule has 146 valence electrons. The number of nitrogens with zero attached hydrogens (tertiary/aromatic N) is 3. The summed E-state index contributed by atoms with van der Waals surface area (Å²) in [6, 6.07) is 19.7. The van der Waals surface area contributed by atoms with Gasteiger partial charge in [0, 0.05) is 10.8 Å². The third kappa shape index (κ3) is 4.45. The molecule has 0 saturated carbocycles. The van der Waals surface area contributed by atoms with E-state index in [1.54, 1.807) is 30.2 Å². The molecule has 0 N–H and O–H groups in total. The predicted octanol–water partition coefficient (Wildman–Crippen LogP) is 6.53. The first-order valence-corrected chi connectivity index (χ1v) is 11.1. The van der Waals surface area contributed by atoms with Gasteiger partial charge in [-0.25, -0.2) is 4.98 Å². The van der Waals surface area contributed by atoms with Crippen LogP contribution in [0.2, 0.25) is 5.02 Å². The van der Waals surface area contributed by atoms with Crippen LogP contribution >= 0.6 is 34.7 Å². The summed E-state index contributed by atoms with van der Waals surface area (Å²) in [6.07, 6.45) is 0. The van der Waals surface area contributed by atoms with E-state index in [9.17, 15) is 0 Å². The van der Waals surface area contributed by atoms with Crippen molar-refractivity contribution in [3.05, 3.63) is 76.9 Å². The van der Waals surface area contributed by atoms with Crippen LogP contribution in [0.3, 0.4) is 0 Å². The Morgan fingerprint density at radius 3 is 2.55 bits per heavy atom. The molecule has 0 aliphatic carbocycles. The van der Waals surface area contributed by atoms with Gasteiger partial charge in [-0.05, 0) is 42.8 Å². The number of halogens is 1. The standard InChI is InChI=1S/C22H18ClN3OS2/c1-14-21(29-22(24-14)16-8-4-6-10-19(16)27-2)18-11-12-20(26-25-18)28-13-15-7-3-5-9-17(15)23/h3-12H,13H2,1-2H3. The summed E-state index contributed by atoms with van der Waals surface area (Å²) in [4.78, 5) is 5.74. The van der Waals surface area contributed by atoms with Crippen LogP contribution in [0.5, 0.6) is 5.75 Å². The molecule has 2 heterocycles. The number of thiazole rings is 1. The van der Waals surface area contributed by atoms with Crippen LogP contribution in [0.4, 0.5) is 0 Å². The van der Waals surface area contributed by atoms with Gasteiger partial charge in [0.2, 0.25) is 0 Å². The second-order valence-electron chi connectivity index (χ2n) is 6.27. The van der Waals surface area contributed by atoms with Gasteiger partial charge < -0.3 is 4.74 Å². The fourth-order valence-corrected chi connectivity index (χ4v) is 5.02. The van der Waals surface area contributed by atoms with Gasteiger partial charge in [-0.2, -0.15) is 0 Å². The Morgan fingerprint density at radius 2 is 1.79 bits per heavy atom. The highest BCUT2D eigenvalue weighted by molar-refractivity contribution is 7.98. The highest BCUT2D eigenvalue weighted by Gasteiger charge is 2.15. The molecule has 0 spiro atoms. The third-order valence-corrected chi connectivity index (χ3v) is 6.89. The third-order valence-electron chi connectivity index (χ3n) is 4.34. The Hall–Kier alpha value is -2.41. The molecule has 0 saturated heterocycles. The number of thioether (sulfide) groups is 1. The first kappa shape index (κ1) is 19.9. The summed E-state index contributed by atoms with van der Waals surface area (Å²) in [5, 5.41) is 11.4. The quantitative estimate of drug-likeness (QED) is 0.319. The zero-order valence-electron chi connectivity index (χ0n) is 15.9. The molecule has 0 unspecified atom stereocenters. The van der Waals surface area contributed by atoms with E-state index >= 15 is 0 Å². The molecule has 7 heteroatoms. The summed E-state index contributed by atoms with van der Waals surface area (Å²) < 4.78 is 5.47. The van der Waals surface area contributed by atoms with Crippen LogP contribution in [0.1, 0.15) is 11.3 Å². The molecule has 0 bridgehead atoms. The van der Waals surface area contributed by atoms with Gasteiger partial charge in [0.05, 0.1) is 23.2 Å². The minimum Gasteiger partial charge on any atom is -0.496 e. The second-order valence-corrected chi connectivity index (χ2v) is 8.67. The molecule has 0 aliphatic heterocycles. The van der Waals surface area contributed by atoms with E-state index in [1.165, 1.54) is 0 Å². The van der Waals surface area contributed by atoms with E-state index in [0.717, 1.165) is 54.0 Å². The van der Waals surface area contributed by atoms with Crippen molar-refractivity contribution in [3.63, 3.8) is 0 Å². The largest absolute Gasteiger partial charge is 0.496 e. The molecule has 0 fully saturated rings. The second kappa shape index (κ2) is 8.95. The van der Waals surface area contributed by atoms with Gasteiger partial charge in [0.25, 0.3) is 0 Å². The number of benzene rings is 2. The molecule has 29 heavy (non-hydrogen) atoms. The molecule has 0 radical (unpaired) electrons. The van der Waals surface area contributed by atoms with Gasteiger partial charge in [0.1, 0.15) is 21.5 Å². The number of methoxy groups -OCH3 is 1. The number of aryl methyl sites for hydroxylation is 1. The van der Waals surface area contributed by atoms with Crippen LogP contribution in [-0.2, 0) is 5.75 Å². The van der Waals surface area contributed by atoms with Gasteiger partial charge in [0.15, 0.2) is 0 Å². The molecule has 4 aromatic rings. The van der Waals surface area contributed by atoms with Crippen LogP contribution in [0, 0.1) is 6.92 Å². The molecule has 2 aromatic heterocycles. The van der Waals surface area contributed by atoms with Gasteiger partial charge in [-0.1, -0.05) is 53.7 Å². The smallest absolute Gasteiger partial charge is 0.129 e. The first-order valence-electron chi connectivity index (χ1n) is 8.97. The van der Waals surface area contributed by atoms with Gasteiger partial charge >= 0.3 is 0 Å². The number of rotatable bonds is 6. The van der Waals surface area contributed by atoms with Crippen LogP contribution in [0.25, 0.3) is 21.1 Å². The normalized spacial score (nSPS) is 10.9. The predicted molar refractivity (Wildman–Crippen MR) is 121 cm³/mol. The Kier molecular flexibility index (Phi) is 6.13. The number of hydrogen-bond acceptors (Lipinski definition) is 6. The van der Waals surface area contributed by atoms with E-state index in [4.69, 9.17) is 21.3 Å². The summed E-state index contributed by atoms with van der Waals surface area (Å²) >= 11 is 9.44. The van der Waals surface area contributed by atoms with E-state index < -0.39 is 0 Å². The summed E-state index contributed by atoms with van der Waals surface area (Å²) in [7, 11) is 1.67. The van der Waals surface area contributed by atoms with E-state index in [0.29, 0.717) is 0 Å². The van der Waals surface area contributed by atoms with Gasteiger partial charge in [-0.15, -0.1) is 21.5 Å². The molecule has 0 amide bonds. The first-order chi connectivity index (χ1) is 14.2. The molecule has 0 atom stereocenters. The Bertz CT molecular complexity index is 1130. The van der Waals surface area contributed by atoms with E-state index in [2.05, 4.69) is 10.2 Å². The van der Waals surface area contributed by atoms with Crippen molar-refractivity contribution in [2.75, 3.05) is 7.11 Å². The summed E-state index contributed by atoms with van der Waals surface area (Å²) in [5.41, 5.74) is 3.82. The van der Waals surface area contributed by atoms with Crippen LogP contribution in [0.15, 0.2) is 65.7 Å². The summed E-state index contributed by atoms with van der Waals surface area (Å²) in [5.74, 6) is 1.57. The zero-order chi connectivity index (χ0) is 20.2. The Balaban J connectivity index is 1.54. The molecular weight excluding hydrogens is 422 g/mol. The van der Waals surface area contributed by atoms with Crippen LogP contribution < -0.4 is 4.74 Å². The maximum Gasteiger partial charge on any atom is 0.129 e. The lowest BCUT2D eigenvalue weighted by molar-refractivity contribution is 0.416. The lowest BCUT2D eigenvalue weighted by Crippen LogP contribution is -1.90. The maximum atomic E-state index is 6.22. The molecule has 0 aliphatic rings. The van der Waals surface area contributed by atoms with Gasteiger partial charge in [-0.3, -0.25) is 0 Å². The maximum absolute atomic E-state index is 6.22. The Labute approximate surface area is 183 Å². The minimum absolute atomic E-state index is 0.755. The van der Waals surface area contributed by atoms with Crippen molar-refractivity contribution in [3.8, 4) is 26.9 Å². The number of ether oxygens (including phenoxy) is 1. The highest BCUT2D eigenvalue weighted by atomic mass is 35.5. The number of hydrogen-bond donors (Lipinski definition) is 0. The van der Waals surface area contributed by atoms with E-state index in [-0.39, 0.29) is 0 Å². The van der Waals surface area contributed by atoms with Crippen molar-refractivity contribution >= 4 is 34.7 Å². The lowest BCUT2D eigenvalue weighted by atomic mass is 10.2. The zero-order valence-corrected chi connectivity index (χ0v) is 18.3. The molecular formula is C22H18ClN3OS2. The van der Waals surface area contributed by atoms with Crippen molar-refractivity contribution in [1.82, 2.24) is 15.2 Å². The summed E-state index contributed by atoms with van der Waals surface area (Å²) in [6.45, 7) is 1.99. The average molecular weight is 440 g/mol. The van der Waals surface area contributed by atoms with Crippen molar-refractivity contribution < 1.29 is 4.74 Å². The van der Waals surface area contributed by atoms with Crippen molar-refractivity contribution in [2.45, 2.75) is 17.7 Å². The molecule has 4 rings (SSSR count). The number of aromatic nitrogens is 3. The fraction of sp³-hybridized carbons (Fsp3) is 0.136. The fourth-order valence-electron chi connectivity index (χ4n) is 2.86. The SMILES string of the molecule is COc1ccccc1-c1nc(C)c(-c2ccc(SCc3ccccc3Cl)nn2)s1. The minimum atomic E-state index is 0.755. The van der Waals surface area contributed by atoms with Crippen molar-refractivity contribution in [1.29, 1.82) is 0 Å². The highest BCUT2D eigenvalue weighted by Crippen LogP contribution is 2.38. The molecule has 2 aromatic carbocycles.